The van der Waals surface area contributed by atoms with Crippen LogP contribution >= 0.6 is 0 Å². The van der Waals surface area contributed by atoms with Crippen molar-refractivity contribution < 1.29 is 4.79 Å². The van der Waals surface area contributed by atoms with Gasteiger partial charge in [0.15, 0.2) is 0 Å². The maximum Gasteiger partial charge on any atom is 0.223 e. The smallest absolute Gasteiger partial charge is 0.223 e. The lowest BCUT2D eigenvalue weighted by atomic mass is 10.2. The second kappa shape index (κ2) is 6.74. The predicted molar refractivity (Wildman–Crippen MR) is 84.7 cm³/mol. The number of nitrogens with one attached hydrogen (secondary N) is 2. The Kier molecular flexibility index (Phi) is 4.98. The Hall–Kier alpha value is -1.85. The number of carbonyl (C=O) groups excluding carboxylic acids is 1. The molecule has 0 spiro atoms. The van der Waals surface area contributed by atoms with E-state index in [9.17, 15) is 4.79 Å². The number of hydrogen-bond donors (Lipinski definition) is 2. The highest BCUT2D eigenvalue weighted by Gasteiger charge is 2.28. The maximum absolute atomic E-state index is 11.6. The Morgan fingerprint density at radius 2 is 1.86 bits per heavy atom. The molecule has 0 aromatic carbocycles. The van der Waals surface area contributed by atoms with Crippen LogP contribution in [0.5, 0.6) is 0 Å². The van der Waals surface area contributed by atoms with Crippen LogP contribution in [0, 0.1) is 6.92 Å². The van der Waals surface area contributed by atoms with Gasteiger partial charge in [-0.25, -0.2) is 9.97 Å². The molecule has 0 saturated heterocycles. The van der Waals surface area contributed by atoms with E-state index in [1.165, 1.54) is 12.8 Å². The molecule has 0 bridgehead atoms. The van der Waals surface area contributed by atoms with Gasteiger partial charge in [0.05, 0.1) is 0 Å². The molecule has 0 unspecified atom stereocenters. The molecule has 0 aliphatic heterocycles. The van der Waals surface area contributed by atoms with E-state index in [4.69, 9.17) is 0 Å². The summed E-state index contributed by atoms with van der Waals surface area (Å²) in [5, 5.41) is 6.57. The molecule has 0 atom stereocenters. The summed E-state index contributed by atoms with van der Waals surface area (Å²) in [5.41, 5.74) is 1.01. The van der Waals surface area contributed by atoms with Crippen LogP contribution in [-0.4, -0.2) is 48.0 Å². The van der Waals surface area contributed by atoms with Crippen molar-refractivity contribution in [3.63, 3.8) is 0 Å². The van der Waals surface area contributed by atoms with Gasteiger partial charge in [-0.1, -0.05) is 0 Å². The molecule has 2 rings (SSSR count). The van der Waals surface area contributed by atoms with Crippen molar-refractivity contribution in [3.05, 3.63) is 11.4 Å². The Morgan fingerprint density at radius 3 is 2.38 bits per heavy atom. The molecule has 1 aliphatic rings. The van der Waals surface area contributed by atoms with Crippen LogP contribution in [-0.2, 0) is 4.79 Å². The fourth-order valence-corrected chi connectivity index (χ4v) is 2.08. The van der Waals surface area contributed by atoms with Crippen LogP contribution in [0.1, 0.15) is 43.5 Å². The van der Waals surface area contributed by atoms with E-state index >= 15 is 0 Å². The third kappa shape index (κ3) is 4.06. The van der Waals surface area contributed by atoms with E-state index in [-0.39, 0.29) is 5.91 Å². The highest BCUT2D eigenvalue weighted by atomic mass is 16.2. The third-order valence-electron chi connectivity index (χ3n) is 3.58. The molecule has 1 saturated carbocycles. The lowest BCUT2D eigenvalue weighted by molar-refractivity contribution is -0.128. The summed E-state index contributed by atoms with van der Waals surface area (Å²) >= 11 is 0. The molecule has 1 fully saturated rings. The van der Waals surface area contributed by atoms with Crippen molar-refractivity contribution in [2.45, 2.75) is 39.0 Å². The van der Waals surface area contributed by atoms with Crippen LogP contribution < -0.4 is 10.6 Å². The van der Waals surface area contributed by atoms with Crippen LogP contribution in [0.2, 0.25) is 0 Å². The Morgan fingerprint density at radius 1 is 1.24 bits per heavy atom. The first-order valence-corrected chi connectivity index (χ1v) is 7.59. The van der Waals surface area contributed by atoms with Crippen LogP contribution in [0.15, 0.2) is 0 Å². The number of rotatable bonds is 7. The maximum atomic E-state index is 11.6. The Bertz CT molecular complexity index is 511. The zero-order valence-corrected chi connectivity index (χ0v) is 13.4. The summed E-state index contributed by atoms with van der Waals surface area (Å²) < 4.78 is 0. The molecule has 6 nitrogen and oxygen atoms in total. The van der Waals surface area contributed by atoms with Gasteiger partial charge in [-0.2, -0.15) is 0 Å². The van der Waals surface area contributed by atoms with Gasteiger partial charge in [0, 0.05) is 45.1 Å². The van der Waals surface area contributed by atoms with Crippen LogP contribution in [0.4, 0.5) is 11.6 Å². The third-order valence-corrected chi connectivity index (χ3v) is 3.58. The molecule has 2 N–H and O–H groups in total. The van der Waals surface area contributed by atoms with Crippen molar-refractivity contribution >= 4 is 17.5 Å². The zero-order chi connectivity index (χ0) is 15.4. The minimum absolute atomic E-state index is 0.114. The molecule has 1 heterocycles. The lowest BCUT2D eigenvalue weighted by Gasteiger charge is -2.15. The predicted octanol–water partition coefficient (Wildman–Crippen LogP) is 1.98. The first-order valence-electron chi connectivity index (χ1n) is 7.59. The number of amides is 1. The first kappa shape index (κ1) is 15.5. The molecule has 1 aromatic heterocycles. The van der Waals surface area contributed by atoms with Gasteiger partial charge in [-0.05, 0) is 26.7 Å². The summed E-state index contributed by atoms with van der Waals surface area (Å²) in [6.45, 7) is 5.48. The molecule has 116 valence electrons. The van der Waals surface area contributed by atoms with Crippen molar-refractivity contribution in [2.24, 2.45) is 0 Å². The van der Waals surface area contributed by atoms with Gasteiger partial charge in [0.1, 0.15) is 17.5 Å². The van der Waals surface area contributed by atoms with E-state index in [1.54, 1.807) is 19.0 Å². The van der Waals surface area contributed by atoms with Crippen LogP contribution in [0.3, 0.4) is 0 Å². The van der Waals surface area contributed by atoms with E-state index in [0.29, 0.717) is 18.9 Å². The molecule has 21 heavy (non-hydrogen) atoms. The molecule has 6 heteroatoms. The SMILES string of the molecule is CCNc1nc(C2CC2)nc(NCCC(=O)N(C)C)c1C. The van der Waals surface area contributed by atoms with Gasteiger partial charge >= 0.3 is 0 Å². The molecular formula is C15H25N5O. The lowest BCUT2D eigenvalue weighted by Crippen LogP contribution is -2.24. The first-order chi connectivity index (χ1) is 10.0. The van der Waals surface area contributed by atoms with Crippen molar-refractivity contribution in [1.29, 1.82) is 0 Å². The van der Waals surface area contributed by atoms with Gasteiger partial charge in [0.2, 0.25) is 5.91 Å². The largest absolute Gasteiger partial charge is 0.370 e. The molecule has 1 aromatic rings. The topological polar surface area (TPSA) is 70.1 Å². The number of anilines is 2. The molecule has 0 radical (unpaired) electrons. The average molecular weight is 291 g/mol. The standard InChI is InChI=1S/C15H25N5O/c1-5-16-13-10(2)14(17-9-8-12(21)20(3)4)19-15(18-13)11-6-7-11/h11H,5-9H2,1-4H3,(H2,16,17,18,19). The number of nitrogens with zero attached hydrogens (tertiary/aromatic N) is 3. The fourth-order valence-electron chi connectivity index (χ4n) is 2.08. The Balaban J connectivity index is 2.08. The van der Waals surface area contributed by atoms with Gasteiger partial charge in [0.25, 0.3) is 0 Å². The van der Waals surface area contributed by atoms with E-state index < -0.39 is 0 Å². The number of carbonyl (C=O) groups is 1. The van der Waals surface area contributed by atoms with E-state index in [1.807, 2.05) is 6.92 Å². The van der Waals surface area contributed by atoms with Crippen molar-refractivity contribution in [1.82, 2.24) is 14.9 Å². The highest BCUT2D eigenvalue weighted by Crippen LogP contribution is 2.39. The highest BCUT2D eigenvalue weighted by molar-refractivity contribution is 5.76. The minimum Gasteiger partial charge on any atom is -0.370 e. The normalized spacial score (nSPS) is 13.9. The van der Waals surface area contributed by atoms with Crippen molar-refractivity contribution in [3.8, 4) is 0 Å². The summed E-state index contributed by atoms with van der Waals surface area (Å²) in [4.78, 5) is 22.5. The summed E-state index contributed by atoms with van der Waals surface area (Å²) in [6, 6.07) is 0. The van der Waals surface area contributed by atoms with E-state index in [0.717, 1.165) is 29.6 Å². The monoisotopic (exact) mass is 291 g/mol. The van der Waals surface area contributed by atoms with Gasteiger partial charge in [-0.3, -0.25) is 4.79 Å². The zero-order valence-electron chi connectivity index (χ0n) is 13.4. The van der Waals surface area contributed by atoms with E-state index in [2.05, 4.69) is 27.5 Å². The molecule has 1 aliphatic carbocycles. The van der Waals surface area contributed by atoms with Gasteiger partial charge in [-0.15, -0.1) is 0 Å². The van der Waals surface area contributed by atoms with Crippen LogP contribution in [0.25, 0.3) is 0 Å². The number of aromatic nitrogens is 2. The number of hydrogen-bond acceptors (Lipinski definition) is 5. The Labute approximate surface area is 126 Å². The average Bonchev–Trinajstić information content (AvgIpc) is 3.27. The minimum atomic E-state index is 0.114. The second-order valence-corrected chi connectivity index (χ2v) is 5.67. The molecule has 1 amide bonds. The molecular weight excluding hydrogens is 266 g/mol. The summed E-state index contributed by atoms with van der Waals surface area (Å²) in [6.07, 6.45) is 2.81. The summed E-state index contributed by atoms with van der Waals surface area (Å²) in [5.74, 6) is 3.28. The fraction of sp³-hybridized carbons (Fsp3) is 0.667. The quantitative estimate of drug-likeness (QED) is 0.804. The van der Waals surface area contributed by atoms with Crippen molar-refractivity contribution in [2.75, 3.05) is 37.8 Å². The summed E-state index contributed by atoms with van der Waals surface area (Å²) in [7, 11) is 3.54. The van der Waals surface area contributed by atoms with Gasteiger partial charge < -0.3 is 15.5 Å². The second-order valence-electron chi connectivity index (χ2n) is 5.67.